The van der Waals surface area contributed by atoms with Crippen LogP contribution in [0.2, 0.25) is 0 Å². The van der Waals surface area contributed by atoms with Gasteiger partial charge in [0.1, 0.15) is 10.7 Å². The predicted octanol–water partition coefficient (Wildman–Crippen LogP) is 5.99. The van der Waals surface area contributed by atoms with Gasteiger partial charge < -0.3 is 4.98 Å². The Bertz CT molecular complexity index is 1090. The smallest absolute Gasteiger partial charge is 0.337 e. The van der Waals surface area contributed by atoms with Crippen molar-refractivity contribution < 1.29 is 13.2 Å². The molecule has 2 aromatic carbocycles. The zero-order valence-electron chi connectivity index (χ0n) is 14.0. The minimum Gasteiger partial charge on any atom is -0.337 e. The molecule has 0 atom stereocenters. The van der Waals surface area contributed by atoms with Crippen molar-refractivity contribution in [1.29, 1.82) is 0 Å². The van der Waals surface area contributed by atoms with E-state index < -0.39 is 11.7 Å². The lowest BCUT2D eigenvalue weighted by Crippen LogP contribution is -2.04. The van der Waals surface area contributed by atoms with Crippen molar-refractivity contribution in [2.24, 2.45) is 0 Å². The highest BCUT2D eigenvalue weighted by atomic mass is 32.1. The van der Waals surface area contributed by atoms with Crippen LogP contribution in [0.1, 0.15) is 16.7 Å². The SMILES string of the molecule is Cc1cccc(C)c1-c1nc(-c2nc3cc(C(F)(F)F)ccc3[nH]2)cs1. The second kappa shape index (κ2) is 5.95. The first kappa shape index (κ1) is 16.8. The van der Waals surface area contributed by atoms with E-state index in [0.717, 1.165) is 33.8 Å². The Morgan fingerprint density at radius 3 is 2.42 bits per heavy atom. The van der Waals surface area contributed by atoms with Crippen LogP contribution in [0, 0.1) is 13.8 Å². The van der Waals surface area contributed by atoms with Gasteiger partial charge in [0.2, 0.25) is 0 Å². The molecule has 4 aromatic rings. The summed E-state index contributed by atoms with van der Waals surface area (Å²) in [5, 5.41) is 2.73. The summed E-state index contributed by atoms with van der Waals surface area (Å²) in [4.78, 5) is 12.0. The maximum absolute atomic E-state index is 12.9. The van der Waals surface area contributed by atoms with Crippen LogP contribution in [0.4, 0.5) is 13.2 Å². The van der Waals surface area contributed by atoms with E-state index in [1.807, 2.05) is 37.4 Å². The zero-order valence-corrected chi connectivity index (χ0v) is 14.8. The van der Waals surface area contributed by atoms with Gasteiger partial charge in [0.15, 0.2) is 5.82 Å². The Labute approximate surface area is 151 Å². The van der Waals surface area contributed by atoms with Crippen LogP contribution < -0.4 is 0 Å². The van der Waals surface area contributed by atoms with Gasteiger partial charge in [0.05, 0.1) is 16.6 Å². The highest BCUT2D eigenvalue weighted by Gasteiger charge is 2.30. The largest absolute Gasteiger partial charge is 0.416 e. The van der Waals surface area contributed by atoms with Gasteiger partial charge in [-0.05, 0) is 43.2 Å². The quantitative estimate of drug-likeness (QED) is 0.469. The number of rotatable bonds is 2. The summed E-state index contributed by atoms with van der Waals surface area (Å²) in [6.07, 6.45) is -4.39. The Morgan fingerprint density at radius 1 is 1.00 bits per heavy atom. The van der Waals surface area contributed by atoms with E-state index in [0.29, 0.717) is 17.0 Å². The number of fused-ring (bicyclic) bond motifs is 1. The summed E-state index contributed by atoms with van der Waals surface area (Å²) in [5.41, 5.74) is 4.08. The summed E-state index contributed by atoms with van der Waals surface area (Å²) in [7, 11) is 0. The lowest BCUT2D eigenvalue weighted by atomic mass is 10.0. The van der Waals surface area contributed by atoms with Crippen molar-refractivity contribution in [3.8, 4) is 22.1 Å². The number of H-pyrrole nitrogens is 1. The Morgan fingerprint density at radius 2 is 1.73 bits per heavy atom. The van der Waals surface area contributed by atoms with E-state index in [9.17, 15) is 13.2 Å². The van der Waals surface area contributed by atoms with Crippen molar-refractivity contribution in [2.75, 3.05) is 0 Å². The molecular formula is C19H14F3N3S. The van der Waals surface area contributed by atoms with Gasteiger partial charge in [-0.15, -0.1) is 11.3 Å². The molecule has 0 aliphatic carbocycles. The molecule has 3 nitrogen and oxygen atoms in total. The van der Waals surface area contributed by atoms with Gasteiger partial charge in [0, 0.05) is 10.9 Å². The third kappa shape index (κ3) is 2.88. The zero-order chi connectivity index (χ0) is 18.5. The molecule has 0 aliphatic heterocycles. The summed E-state index contributed by atoms with van der Waals surface area (Å²) in [5.74, 6) is 0.466. The van der Waals surface area contributed by atoms with Gasteiger partial charge in [-0.3, -0.25) is 0 Å². The van der Waals surface area contributed by atoms with E-state index >= 15 is 0 Å². The molecule has 0 radical (unpaired) electrons. The fourth-order valence-electron chi connectivity index (χ4n) is 2.95. The third-order valence-corrected chi connectivity index (χ3v) is 5.11. The number of aromatic nitrogens is 3. The maximum Gasteiger partial charge on any atom is 0.416 e. The van der Waals surface area contributed by atoms with Crippen molar-refractivity contribution in [1.82, 2.24) is 15.0 Å². The molecular weight excluding hydrogens is 359 g/mol. The van der Waals surface area contributed by atoms with E-state index in [1.165, 1.54) is 17.4 Å². The summed E-state index contributed by atoms with van der Waals surface area (Å²) in [6, 6.07) is 9.56. The lowest BCUT2D eigenvalue weighted by Gasteiger charge is -2.05. The van der Waals surface area contributed by atoms with Gasteiger partial charge >= 0.3 is 6.18 Å². The van der Waals surface area contributed by atoms with E-state index in [4.69, 9.17) is 0 Å². The number of imidazole rings is 1. The van der Waals surface area contributed by atoms with Crippen LogP contribution in [0.5, 0.6) is 0 Å². The van der Waals surface area contributed by atoms with Crippen molar-refractivity contribution in [3.63, 3.8) is 0 Å². The standard InChI is InChI=1S/C19H14F3N3S/c1-10-4-3-5-11(2)16(10)18-25-15(9-26-18)17-23-13-7-6-12(19(20,21)22)8-14(13)24-17/h3-9H,1-2H3,(H,23,24). The molecule has 2 aromatic heterocycles. The fourth-order valence-corrected chi connectivity index (χ4v) is 3.93. The van der Waals surface area contributed by atoms with Gasteiger partial charge in [-0.2, -0.15) is 13.2 Å². The van der Waals surface area contributed by atoms with Crippen LogP contribution in [-0.2, 0) is 6.18 Å². The molecule has 0 fully saturated rings. The molecule has 132 valence electrons. The van der Waals surface area contributed by atoms with Crippen molar-refractivity contribution in [2.45, 2.75) is 20.0 Å². The van der Waals surface area contributed by atoms with Crippen LogP contribution in [-0.4, -0.2) is 15.0 Å². The highest BCUT2D eigenvalue weighted by Crippen LogP contribution is 2.34. The third-order valence-electron chi connectivity index (χ3n) is 4.25. The van der Waals surface area contributed by atoms with Crippen LogP contribution in [0.15, 0.2) is 41.8 Å². The molecule has 0 amide bonds. The van der Waals surface area contributed by atoms with E-state index in [2.05, 4.69) is 15.0 Å². The number of hydrogen-bond donors (Lipinski definition) is 1. The molecule has 0 unspecified atom stereocenters. The molecule has 26 heavy (non-hydrogen) atoms. The average Bonchev–Trinajstić information content (AvgIpc) is 3.19. The molecule has 0 saturated carbocycles. The molecule has 0 spiro atoms. The molecule has 4 rings (SSSR count). The van der Waals surface area contributed by atoms with Crippen LogP contribution in [0.3, 0.4) is 0 Å². The first-order valence-electron chi connectivity index (χ1n) is 7.92. The topological polar surface area (TPSA) is 41.6 Å². The first-order valence-corrected chi connectivity index (χ1v) is 8.80. The molecule has 0 aliphatic rings. The number of nitrogens with one attached hydrogen (secondary N) is 1. The Hall–Kier alpha value is -2.67. The molecule has 7 heteroatoms. The first-order chi connectivity index (χ1) is 12.3. The number of nitrogens with zero attached hydrogens (tertiary/aromatic N) is 2. The minimum atomic E-state index is -4.39. The lowest BCUT2D eigenvalue weighted by molar-refractivity contribution is -0.137. The summed E-state index contributed by atoms with van der Waals surface area (Å²) >= 11 is 1.49. The number of thiazole rings is 1. The molecule has 0 bridgehead atoms. The molecule has 1 N–H and O–H groups in total. The second-order valence-corrected chi connectivity index (χ2v) is 6.98. The number of alkyl halides is 3. The average molecular weight is 373 g/mol. The fraction of sp³-hybridized carbons (Fsp3) is 0.158. The number of aromatic amines is 1. The second-order valence-electron chi connectivity index (χ2n) is 6.12. The Balaban J connectivity index is 1.76. The summed E-state index contributed by atoms with van der Waals surface area (Å²) < 4.78 is 38.6. The number of halogens is 3. The molecule has 2 heterocycles. The number of aryl methyl sites for hydroxylation is 2. The van der Waals surface area contributed by atoms with Crippen LogP contribution in [0.25, 0.3) is 33.1 Å². The Kier molecular flexibility index (Phi) is 3.84. The van der Waals surface area contributed by atoms with Gasteiger partial charge in [-0.25, -0.2) is 9.97 Å². The van der Waals surface area contributed by atoms with E-state index in [1.54, 1.807) is 0 Å². The number of hydrogen-bond acceptors (Lipinski definition) is 3. The van der Waals surface area contributed by atoms with Crippen molar-refractivity contribution in [3.05, 3.63) is 58.5 Å². The number of benzene rings is 2. The highest BCUT2D eigenvalue weighted by molar-refractivity contribution is 7.13. The maximum atomic E-state index is 12.9. The summed E-state index contributed by atoms with van der Waals surface area (Å²) in [6.45, 7) is 4.06. The monoisotopic (exact) mass is 373 g/mol. The van der Waals surface area contributed by atoms with Crippen LogP contribution >= 0.6 is 11.3 Å². The van der Waals surface area contributed by atoms with E-state index in [-0.39, 0.29) is 5.52 Å². The normalized spacial score (nSPS) is 12.0. The predicted molar refractivity (Wildman–Crippen MR) is 97.1 cm³/mol. The van der Waals surface area contributed by atoms with Gasteiger partial charge in [0.25, 0.3) is 0 Å². The minimum absolute atomic E-state index is 0.274. The van der Waals surface area contributed by atoms with Gasteiger partial charge in [-0.1, -0.05) is 18.2 Å². The molecule has 0 saturated heterocycles. The van der Waals surface area contributed by atoms with Crippen molar-refractivity contribution >= 4 is 22.4 Å².